The molecule has 3 aromatic carbocycles. The van der Waals surface area contributed by atoms with Crippen molar-refractivity contribution < 1.29 is 22.7 Å². The standard InChI is InChI=1S/C21H11ClF3N3O2/c22-14-3-1-11(7-15(14)23)21(29)28-12-8-16(24)20(25)19(9-12)30-13-2-4-17-18(10-13)27-6-5-26-17/h1-10H,(H,28,29). The highest BCUT2D eigenvalue weighted by Gasteiger charge is 2.16. The fraction of sp³-hybridized carbons (Fsp3) is 0. The van der Waals surface area contributed by atoms with E-state index in [2.05, 4.69) is 15.3 Å². The first kappa shape index (κ1) is 19.7. The predicted molar refractivity (Wildman–Crippen MR) is 105 cm³/mol. The molecule has 0 bridgehead atoms. The molecular weight excluding hydrogens is 419 g/mol. The number of carbonyl (C=O) groups is 1. The number of halogens is 4. The number of carbonyl (C=O) groups excluding carboxylic acids is 1. The second-order valence-electron chi connectivity index (χ2n) is 6.16. The minimum absolute atomic E-state index is 0.0443. The molecule has 0 fully saturated rings. The number of amides is 1. The molecule has 9 heteroatoms. The van der Waals surface area contributed by atoms with Crippen LogP contribution in [0.2, 0.25) is 5.02 Å². The molecule has 0 spiro atoms. The van der Waals surface area contributed by atoms with Crippen molar-refractivity contribution in [2.24, 2.45) is 0 Å². The number of benzene rings is 3. The Balaban J connectivity index is 1.61. The van der Waals surface area contributed by atoms with Gasteiger partial charge in [-0.15, -0.1) is 0 Å². The van der Waals surface area contributed by atoms with Gasteiger partial charge in [0.15, 0.2) is 11.6 Å². The molecule has 0 saturated heterocycles. The van der Waals surface area contributed by atoms with Crippen LogP contribution in [-0.2, 0) is 0 Å². The van der Waals surface area contributed by atoms with Gasteiger partial charge in [-0.25, -0.2) is 8.78 Å². The van der Waals surface area contributed by atoms with Crippen molar-refractivity contribution in [1.82, 2.24) is 9.97 Å². The third-order valence-corrected chi connectivity index (χ3v) is 4.41. The molecule has 0 atom stereocenters. The minimum atomic E-state index is -1.23. The zero-order valence-electron chi connectivity index (χ0n) is 15.0. The number of ether oxygens (including phenoxy) is 1. The molecule has 1 amide bonds. The van der Waals surface area contributed by atoms with E-state index in [1.54, 1.807) is 6.07 Å². The molecule has 0 aliphatic carbocycles. The molecule has 1 aromatic heterocycles. The first-order valence-corrected chi connectivity index (χ1v) is 8.92. The number of aromatic nitrogens is 2. The van der Waals surface area contributed by atoms with Gasteiger partial charge in [-0.3, -0.25) is 14.8 Å². The van der Waals surface area contributed by atoms with Crippen LogP contribution in [0.3, 0.4) is 0 Å². The van der Waals surface area contributed by atoms with Gasteiger partial charge in [0.25, 0.3) is 5.91 Å². The molecule has 0 aliphatic rings. The lowest BCUT2D eigenvalue weighted by atomic mass is 10.2. The molecule has 4 aromatic rings. The van der Waals surface area contributed by atoms with Crippen LogP contribution in [0.1, 0.15) is 10.4 Å². The minimum Gasteiger partial charge on any atom is -0.454 e. The van der Waals surface area contributed by atoms with E-state index >= 15 is 0 Å². The highest BCUT2D eigenvalue weighted by molar-refractivity contribution is 6.30. The van der Waals surface area contributed by atoms with E-state index in [1.165, 1.54) is 36.7 Å². The molecule has 0 unspecified atom stereocenters. The van der Waals surface area contributed by atoms with E-state index in [9.17, 15) is 18.0 Å². The van der Waals surface area contributed by atoms with Crippen LogP contribution >= 0.6 is 11.6 Å². The molecule has 0 radical (unpaired) electrons. The summed E-state index contributed by atoms with van der Waals surface area (Å²) < 4.78 is 47.3. The van der Waals surface area contributed by atoms with Gasteiger partial charge < -0.3 is 10.1 Å². The Kier molecular flexibility index (Phi) is 5.24. The fourth-order valence-electron chi connectivity index (χ4n) is 2.68. The predicted octanol–water partition coefficient (Wildman–Crippen LogP) is 5.75. The zero-order valence-corrected chi connectivity index (χ0v) is 15.8. The maximum Gasteiger partial charge on any atom is 0.255 e. The van der Waals surface area contributed by atoms with E-state index in [4.69, 9.17) is 16.3 Å². The quantitative estimate of drug-likeness (QED) is 0.449. The third-order valence-electron chi connectivity index (χ3n) is 4.10. The second-order valence-corrected chi connectivity index (χ2v) is 6.57. The van der Waals surface area contributed by atoms with Crippen molar-refractivity contribution in [2.75, 3.05) is 5.32 Å². The lowest BCUT2D eigenvalue weighted by molar-refractivity contribution is 0.102. The summed E-state index contributed by atoms with van der Waals surface area (Å²) >= 11 is 5.60. The van der Waals surface area contributed by atoms with Gasteiger partial charge in [0.05, 0.1) is 16.1 Å². The van der Waals surface area contributed by atoms with E-state index < -0.39 is 29.1 Å². The van der Waals surface area contributed by atoms with Gasteiger partial charge in [-0.1, -0.05) is 11.6 Å². The average Bonchev–Trinajstić information content (AvgIpc) is 2.73. The average molecular weight is 430 g/mol. The summed E-state index contributed by atoms with van der Waals surface area (Å²) in [5.74, 6) is -4.22. The number of nitrogens with one attached hydrogen (secondary N) is 1. The van der Waals surface area contributed by atoms with Gasteiger partial charge in [-0.05, 0) is 30.3 Å². The summed E-state index contributed by atoms with van der Waals surface area (Å²) in [5.41, 5.74) is 0.986. The Morgan fingerprint density at radius 1 is 0.900 bits per heavy atom. The molecular formula is C21H11ClF3N3O2. The monoisotopic (exact) mass is 429 g/mol. The van der Waals surface area contributed by atoms with Crippen LogP contribution in [-0.4, -0.2) is 15.9 Å². The summed E-state index contributed by atoms with van der Waals surface area (Å²) in [6, 6.07) is 10.0. The molecule has 30 heavy (non-hydrogen) atoms. The van der Waals surface area contributed by atoms with E-state index in [0.717, 1.165) is 18.2 Å². The number of nitrogens with zero attached hydrogens (tertiary/aromatic N) is 2. The molecule has 0 saturated carbocycles. The highest BCUT2D eigenvalue weighted by atomic mass is 35.5. The largest absolute Gasteiger partial charge is 0.454 e. The number of hydrogen-bond donors (Lipinski definition) is 1. The Bertz CT molecular complexity index is 1280. The number of fused-ring (bicyclic) bond motifs is 1. The lowest BCUT2D eigenvalue weighted by Gasteiger charge is -2.11. The van der Waals surface area contributed by atoms with Gasteiger partial charge in [0, 0.05) is 41.8 Å². The first-order valence-electron chi connectivity index (χ1n) is 8.55. The van der Waals surface area contributed by atoms with Crippen molar-refractivity contribution in [3.05, 3.63) is 89.0 Å². The van der Waals surface area contributed by atoms with E-state index in [1.807, 2.05) is 0 Å². The van der Waals surface area contributed by atoms with Gasteiger partial charge in [-0.2, -0.15) is 4.39 Å². The first-order chi connectivity index (χ1) is 14.4. The van der Waals surface area contributed by atoms with Crippen LogP contribution in [0.5, 0.6) is 11.5 Å². The Morgan fingerprint density at radius 2 is 1.67 bits per heavy atom. The molecule has 1 heterocycles. The number of hydrogen-bond acceptors (Lipinski definition) is 4. The number of rotatable bonds is 4. The summed E-state index contributed by atoms with van der Waals surface area (Å²) in [6.07, 6.45) is 3.01. The molecule has 5 nitrogen and oxygen atoms in total. The molecule has 150 valence electrons. The maximum atomic E-state index is 14.2. The highest BCUT2D eigenvalue weighted by Crippen LogP contribution is 2.31. The smallest absolute Gasteiger partial charge is 0.255 e. The summed E-state index contributed by atoms with van der Waals surface area (Å²) in [4.78, 5) is 20.5. The summed E-state index contributed by atoms with van der Waals surface area (Å²) in [5, 5.41) is 2.23. The third kappa shape index (κ3) is 4.04. The lowest BCUT2D eigenvalue weighted by Crippen LogP contribution is -2.12. The second kappa shape index (κ2) is 8.00. The van der Waals surface area contributed by atoms with Crippen molar-refractivity contribution in [2.45, 2.75) is 0 Å². The van der Waals surface area contributed by atoms with Crippen molar-refractivity contribution in [3.8, 4) is 11.5 Å². The molecule has 4 rings (SSSR count). The van der Waals surface area contributed by atoms with Crippen molar-refractivity contribution in [3.63, 3.8) is 0 Å². The Hall–Kier alpha value is -3.65. The normalized spacial score (nSPS) is 10.8. The van der Waals surface area contributed by atoms with Crippen LogP contribution in [0.4, 0.5) is 18.9 Å². The van der Waals surface area contributed by atoms with Crippen LogP contribution in [0.15, 0.2) is 60.9 Å². The van der Waals surface area contributed by atoms with Crippen LogP contribution < -0.4 is 10.1 Å². The molecule has 1 N–H and O–H groups in total. The molecule has 0 aliphatic heterocycles. The van der Waals surface area contributed by atoms with E-state index in [-0.39, 0.29) is 22.0 Å². The summed E-state index contributed by atoms with van der Waals surface area (Å²) in [6.45, 7) is 0. The number of anilines is 1. The van der Waals surface area contributed by atoms with Gasteiger partial charge >= 0.3 is 0 Å². The zero-order chi connectivity index (χ0) is 21.3. The summed E-state index contributed by atoms with van der Waals surface area (Å²) in [7, 11) is 0. The van der Waals surface area contributed by atoms with Crippen LogP contribution in [0, 0.1) is 17.5 Å². The topological polar surface area (TPSA) is 64.1 Å². The van der Waals surface area contributed by atoms with Gasteiger partial charge in [0.1, 0.15) is 11.6 Å². The Labute approximate surface area is 173 Å². The van der Waals surface area contributed by atoms with E-state index in [0.29, 0.717) is 11.0 Å². The maximum absolute atomic E-state index is 14.2. The van der Waals surface area contributed by atoms with Crippen molar-refractivity contribution >= 4 is 34.2 Å². The van der Waals surface area contributed by atoms with Crippen molar-refractivity contribution in [1.29, 1.82) is 0 Å². The van der Waals surface area contributed by atoms with Crippen LogP contribution in [0.25, 0.3) is 11.0 Å². The van der Waals surface area contributed by atoms with Gasteiger partial charge in [0.2, 0.25) is 5.82 Å². The fourth-order valence-corrected chi connectivity index (χ4v) is 2.80. The SMILES string of the molecule is O=C(Nc1cc(F)c(F)c(Oc2ccc3nccnc3c2)c1)c1ccc(Cl)c(F)c1. The Morgan fingerprint density at radius 3 is 2.43 bits per heavy atom.